The van der Waals surface area contributed by atoms with E-state index >= 15 is 0 Å². The molecule has 12 heteroatoms. The number of hydrogen-bond donors (Lipinski definition) is 2. The topological polar surface area (TPSA) is 109 Å². The fraction of sp³-hybridized carbons (Fsp3) is 0.238. The van der Waals surface area contributed by atoms with Crippen LogP contribution in [0.2, 0.25) is 0 Å². The molecule has 1 amide bonds. The fourth-order valence-electron chi connectivity index (χ4n) is 3.71. The molecule has 0 unspecified atom stereocenters. The number of aliphatic hydroxyl groups is 1. The van der Waals surface area contributed by atoms with Gasteiger partial charge in [0.2, 0.25) is 0 Å². The monoisotopic (exact) mass is 478 g/mol. The Morgan fingerprint density at radius 1 is 1.42 bits per heavy atom. The summed E-state index contributed by atoms with van der Waals surface area (Å²) in [7, 11) is 0. The number of allylic oxidation sites excluding steroid dienone is 5. The first-order chi connectivity index (χ1) is 15.6. The molecule has 1 aliphatic heterocycles. The highest BCUT2D eigenvalue weighted by Crippen LogP contribution is 2.35. The highest BCUT2D eigenvalue weighted by Gasteiger charge is 2.33. The third-order valence-electron chi connectivity index (χ3n) is 5.23. The maximum atomic E-state index is 14.6. The minimum Gasteiger partial charge on any atom is -0.389 e. The number of primary amides is 1. The average molecular weight is 479 g/mol. The minimum absolute atomic E-state index is 0.0712. The summed E-state index contributed by atoms with van der Waals surface area (Å²) in [6.45, 7) is 5.46. The van der Waals surface area contributed by atoms with Crippen molar-refractivity contribution in [1.82, 2.24) is 14.6 Å². The van der Waals surface area contributed by atoms with Crippen molar-refractivity contribution in [1.29, 1.82) is 0 Å². The number of aliphatic hydroxyl groups excluding tert-OH is 1. The Kier molecular flexibility index (Phi) is 5.85. The van der Waals surface area contributed by atoms with E-state index in [4.69, 9.17) is 17.3 Å². The molecule has 1 fully saturated rings. The highest BCUT2D eigenvalue weighted by molar-refractivity contribution is 6.36. The van der Waals surface area contributed by atoms with Crippen LogP contribution >= 0.6 is 11.6 Å². The molecule has 8 nitrogen and oxygen atoms in total. The predicted octanol–water partition coefficient (Wildman–Crippen LogP) is 3.21. The fourth-order valence-corrected chi connectivity index (χ4v) is 3.86. The Balaban J connectivity index is 2.02. The normalized spacial score (nSPS) is 19.3. The van der Waals surface area contributed by atoms with Crippen molar-refractivity contribution in [2.75, 3.05) is 18.0 Å². The van der Waals surface area contributed by atoms with Crippen LogP contribution in [0.4, 0.5) is 19.0 Å². The zero-order chi connectivity index (χ0) is 24.0. The smallest absolute Gasteiger partial charge is 0.283 e. The Morgan fingerprint density at radius 2 is 2.12 bits per heavy atom. The molecular weight excluding hydrogens is 461 g/mol. The molecule has 0 spiro atoms. The lowest BCUT2D eigenvalue weighted by molar-refractivity contribution is 0.0986. The molecular formula is C21H18ClF3N6O2. The van der Waals surface area contributed by atoms with Gasteiger partial charge in [-0.1, -0.05) is 24.3 Å². The third-order valence-corrected chi connectivity index (χ3v) is 5.52. The summed E-state index contributed by atoms with van der Waals surface area (Å²) in [6.07, 6.45) is 1.90. The summed E-state index contributed by atoms with van der Waals surface area (Å²) in [5.74, 6) is -1.56. The number of carbonyl (C=O) groups excluding carboxylic acids is 1. The lowest BCUT2D eigenvalue weighted by Gasteiger charge is -2.38. The van der Waals surface area contributed by atoms with Crippen LogP contribution < -0.4 is 10.6 Å². The molecule has 0 aromatic carbocycles. The molecule has 3 N–H and O–H groups in total. The summed E-state index contributed by atoms with van der Waals surface area (Å²) in [6, 6.07) is 0. The van der Waals surface area contributed by atoms with E-state index in [0.717, 1.165) is 10.7 Å². The van der Waals surface area contributed by atoms with Crippen molar-refractivity contribution in [2.45, 2.75) is 19.5 Å². The van der Waals surface area contributed by atoms with Gasteiger partial charge < -0.3 is 15.7 Å². The standard InChI is InChI=1S/C21H18ClF3N6O2/c1-3-27-16-10(4-5-13(22)15(16)23)6-12-9(2)28-20-14(19(26)33)17(18(24)25)29-31(20)21(12)30-7-11(32)8-30/h3-6,11,18,32H,1,7-8H2,2H3,(H2,26,33)/b10-6+,27-16?. The van der Waals surface area contributed by atoms with E-state index in [-0.39, 0.29) is 35.3 Å². The zero-order valence-corrected chi connectivity index (χ0v) is 18.0. The Hall–Kier alpha value is -3.44. The Morgan fingerprint density at radius 3 is 2.70 bits per heavy atom. The first-order valence-electron chi connectivity index (χ1n) is 9.72. The number of anilines is 1. The second-order valence-electron chi connectivity index (χ2n) is 7.41. The van der Waals surface area contributed by atoms with Crippen molar-refractivity contribution in [3.8, 4) is 0 Å². The number of nitrogens with zero attached hydrogens (tertiary/aromatic N) is 5. The Labute approximate surface area is 190 Å². The van der Waals surface area contributed by atoms with E-state index in [9.17, 15) is 23.1 Å². The van der Waals surface area contributed by atoms with Crippen LogP contribution in [0, 0.1) is 6.92 Å². The average Bonchev–Trinajstić information content (AvgIpc) is 3.11. The van der Waals surface area contributed by atoms with Crippen molar-refractivity contribution in [2.24, 2.45) is 10.7 Å². The van der Waals surface area contributed by atoms with Gasteiger partial charge in [0, 0.05) is 30.4 Å². The quantitative estimate of drug-likeness (QED) is 0.686. The highest BCUT2D eigenvalue weighted by atomic mass is 35.5. The van der Waals surface area contributed by atoms with E-state index in [1.54, 1.807) is 17.9 Å². The number of carbonyl (C=O) groups is 1. The molecule has 2 aromatic heterocycles. The number of rotatable bonds is 5. The molecule has 172 valence electrons. The summed E-state index contributed by atoms with van der Waals surface area (Å²) < 4.78 is 43.0. The summed E-state index contributed by atoms with van der Waals surface area (Å²) in [5.41, 5.74) is 4.91. The molecule has 4 rings (SSSR count). The number of fused-ring (bicyclic) bond motifs is 1. The van der Waals surface area contributed by atoms with Gasteiger partial charge in [0.25, 0.3) is 12.3 Å². The van der Waals surface area contributed by atoms with Crippen LogP contribution in [-0.4, -0.2) is 50.5 Å². The van der Waals surface area contributed by atoms with E-state index in [0.29, 0.717) is 16.8 Å². The minimum atomic E-state index is -3.07. The van der Waals surface area contributed by atoms with E-state index in [2.05, 4.69) is 21.7 Å². The van der Waals surface area contributed by atoms with Crippen LogP contribution in [0.25, 0.3) is 11.7 Å². The summed E-state index contributed by atoms with van der Waals surface area (Å²) in [4.78, 5) is 21.9. The van der Waals surface area contributed by atoms with Gasteiger partial charge in [0.1, 0.15) is 22.8 Å². The van der Waals surface area contributed by atoms with Crippen molar-refractivity contribution in [3.63, 3.8) is 0 Å². The lowest BCUT2D eigenvalue weighted by atomic mass is 9.99. The van der Waals surface area contributed by atoms with Gasteiger partial charge in [-0.3, -0.25) is 9.79 Å². The zero-order valence-electron chi connectivity index (χ0n) is 17.3. The second-order valence-corrected chi connectivity index (χ2v) is 7.82. The molecule has 2 aliphatic rings. The molecule has 0 bridgehead atoms. The molecule has 1 saturated heterocycles. The second kappa shape index (κ2) is 8.49. The SMILES string of the molecule is C=CN=C1C(F)=C(Cl)C=C/C1=C\c1c(C)nc2c(C(N)=O)c(C(F)F)nn2c1N1CC(O)C1. The maximum Gasteiger partial charge on any atom is 0.283 e. The van der Waals surface area contributed by atoms with Crippen LogP contribution in [0.5, 0.6) is 0 Å². The van der Waals surface area contributed by atoms with Gasteiger partial charge in [-0.25, -0.2) is 18.2 Å². The molecule has 0 saturated carbocycles. The maximum absolute atomic E-state index is 14.6. The van der Waals surface area contributed by atoms with Crippen molar-refractivity contribution >= 4 is 40.8 Å². The van der Waals surface area contributed by atoms with E-state index in [1.807, 2.05) is 0 Å². The van der Waals surface area contributed by atoms with Crippen molar-refractivity contribution < 1.29 is 23.1 Å². The molecule has 1 aliphatic carbocycles. The van der Waals surface area contributed by atoms with Gasteiger partial charge >= 0.3 is 0 Å². The van der Waals surface area contributed by atoms with Crippen LogP contribution in [-0.2, 0) is 0 Å². The summed E-state index contributed by atoms with van der Waals surface area (Å²) in [5, 5.41) is 13.6. The number of nitrogens with two attached hydrogens (primary N) is 1. The third kappa shape index (κ3) is 3.83. The molecule has 0 atom stereocenters. The lowest BCUT2D eigenvalue weighted by Crippen LogP contribution is -2.52. The molecule has 0 radical (unpaired) electrons. The van der Waals surface area contributed by atoms with Gasteiger partial charge in [-0.05, 0) is 19.1 Å². The van der Waals surface area contributed by atoms with Crippen molar-refractivity contribution in [3.05, 3.63) is 63.9 Å². The number of amides is 1. The molecule has 33 heavy (non-hydrogen) atoms. The van der Waals surface area contributed by atoms with Gasteiger partial charge in [0.05, 0.1) is 16.8 Å². The molecule has 3 heterocycles. The van der Waals surface area contributed by atoms with Gasteiger partial charge in [-0.15, -0.1) is 0 Å². The van der Waals surface area contributed by atoms with Gasteiger partial charge in [-0.2, -0.15) is 9.61 Å². The number of aryl methyl sites for hydroxylation is 1. The first-order valence-corrected chi connectivity index (χ1v) is 10.1. The first kappa shape index (κ1) is 22.7. The largest absolute Gasteiger partial charge is 0.389 e. The predicted molar refractivity (Wildman–Crippen MR) is 118 cm³/mol. The van der Waals surface area contributed by atoms with E-state index < -0.39 is 35.5 Å². The van der Waals surface area contributed by atoms with E-state index in [1.165, 1.54) is 12.2 Å². The number of hydrogen-bond acceptors (Lipinski definition) is 6. The van der Waals surface area contributed by atoms with Crippen LogP contribution in [0.1, 0.15) is 33.7 Å². The summed E-state index contributed by atoms with van der Waals surface area (Å²) >= 11 is 5.88. The van der Waals surface area contributed by atoms with Crippen LogP contribution in [0.15, 0.2) is 46.4 Å². The number of alkyl halides is 2. The number of aromatic nitrogens is 3. The molecule has 2 aromatic rings. The number of aliphatic imine (C=N–C) groups is 1. The van der Waals surface area contributed by atoms with Crippen LogP contribution in [0.3, 0.4) is 0 Å². The van der Waals surface area contributed by atoms with Gasteiger partial charge in [0.15, 0.2) is 11.5 Å². The number of halogens is 4. The Bertz CT molecular complexity index is 1310. The number of β-amino-alcohol motifs (C(OH)–C–C–N with tert-alkyl or cyclic N) is 1.